The van der Waals surface area contributed by atoms with Gasteiger partial charge in [0.05, 0.1) is 0 Å². The van der Waals surface area contributed by atoms with Gasteiger partial charge in [-0.2, -0.15) is 0 Å². The predicted molar refractivity (Wildman–Crippen MR) is 152 cm³/mol. The van der Waals surface area contributed by atoms with Gasteiger partial charge in [0, 0.05) is 11.1 Å². The monoisotopic (exact) mass is 478 g/mol. The fourth-order valence-corrected chi connectivity index (χ4v) is 5.82. The van der Waals surface area contributed by atoms with Gasteiger partial charge in [0.15, 0.2) is 0 Å². The Morgan fingerprint density at radius 3 is 1.31 bits per heavy atom. The van der Waals surface area contributed by atoms with Crippen LogP contribution in [0.3, 0.4) is 0 Å². The summed E-state index contributed by atoms with van der Waals surface area (Å²) in [7, 11) is 0. The zero-order valence-electron chi connectivity index (χ0n) is 22.9. The second-order valence-electron chi connectivity index (χ2n) is 12.7. The Morgan fingerprint density at radius 1 is 0.556 bits per heavy atom. The van der Waals surface area contributed by atoms with Crippen LogP contribution in [-0.4, -0.2) is 10.2 Å². The van der Waals surface area contributed by atoms with Crippen molar-refractivity contribution in [1.29, 1.82) is 0 Å². The summed E-state index contributed by atoms with van der Waals surface area (Å²) >= 11 is 0. The summed E-state index contributed by atoms with van der Waals surface area (Å²) in [5, 5.41) is 24.4. The smallest absolute Gasteiger partial charge is 0.122 e. The molecule has 0 saturated heterocycles. The highest BCUT2D eigenvalue weighted by molar-refractivity contribution is 6.10. The molecular weight excluding hydrogens is 440 g/mol. The number of aromatic hydroxyl groups is 2. The molecule has 0 aromatic heterocycles. The topological polar surface area (TPSA) is 40.5 Å². The van der Waals surface area contributed by atoms with Gasteiger partial charge < -0.3 is 10.2 Å². The lowest BCUT2D eigenvalue weighted by atomic mass is 9.81. The van der Waals surface area contributed by atoms with Gasteiger partial charge in [-0.25, -0.2) is 0 Å². The van der Waals surface area contributed by atoms with Crippen molar-refractivity contribution in [3.63, 3.8) is 0 Å². The number of aryl methyl sites for hydroxylation is 4. The molecule has 1 aliphatic carbocycles. The molecule has 0 bridgehead atoms. The molecule has 0 heterocycles. The quantitative estimate of drug-likeness (QED) is 0.302. The molecule has 186 valence electrons. The van der Waals surface area contributed by atoms with E-state index in [9.17, 15) is 10.2 Å². The van der Waals surface area contributed by atoms with Gasteiger partial charge in [0.25, 0.3) is 0 Å². The van der Waals surface area contributed by atoms with Crippen molar-refractivity contribution in [3.8, 4) is 33.8 Å². The maximum atomic E-state index is 10.9. The Bertz CT molecular complexity index is 1410. The standard InChI is InChI=1S/C34H38O2/c1-19-15-23(17-27(31(19)35)33(3,4)5)25-13-11-21-9-10-22-12-14-26(30(25)29(21)22)24-16-20(2)32(36)28(18-24)34(6,7)8/h11-18,35-36H,9-10H2,1-8H3. The molecule has 0 unspecified atom stereocenters. The van der Waals surface area contributed by atoms with Crippen molar-refractivity contribution in [3.05, 3.63) is 81.9 Å². The van der Waals surface area contributed by atoms with Gasteiger partial charge in [0.1, 0.15) is 11.5 Å². The van der Waals surface area contributed by atoms with Crippen LogP contribution in [0.1, 0.15) is 74.9 Å². The van der Waals surface area contributed by atoms with Gasteiger partial charge >= 0.3 is 0 Å². The Hall–Kier alpha value is -3.26. The van der Waals surface area contributed by atoms with Crippen LogP contribution < -0.4 is 0 Å². The maximum absolute atomic E-state index is 10.9. The average Bonchev–Trinajstić information content (AvgIpc) is 3.21. The van der Waals surface area contributed by atoms with E-state index in [0.717, 1.165) is 46.2 Å². The van der Waals surface area contributed by atoms with Gasteiger partial charge in [-0.15, -0.1) is 0 Å². The Kier molecular flexibility index (Phi) is 5.52. The fourth-order valence-electron chi connectivity index (χ4n) is 5.82. The van der Waals surface area contributed by atoms with Crippen LogP contribution in [-0.2, 0) is 23.7 Å². The lowest BCUT2D eigenvalue weighted by Gasteiger charge is -2.24. The van der Waals surface area contributed by atoms with Crippen LogP contribution in [0.15, 0.2) is 48.5 Å². The first-order valence-corrected chi connectivity index (χ1v) is 13.0. The molecule has 36 heavy (non-hydrogen) atoms. The number of hydrogen-bond acceptors (Lipinski definition) is 2. The van der Waals surface area contributed by atoms with Gasteiger partial charge in [-0.1, -0.05) is 65.8 Å². The summed E-state index contributed by atoms with van der Waals surface area (Å²) < 4.78 is 0. The van der Waals surface area contributed by atoms with Crippen LogP contribution in [0.5, 0.6) is 11.5 Å². The molecule has 0 aliphatic heterocycles. The number of phenolic OH excluding ortho intramolecular Hbond substituents is 2. The van der Waals surface area contributed by atoms with E-state index in [2.05, 4.69) is 90.1 Å². The molecule has 5 rings (SSSR count). The number of benzene rings is 4. The molecule has 0 fully saturated rings. The second-order valence-corrected chi connectivity index (χ2v) is 12.7. The van der Waals surface area contributed by atoms with E-state index in [1.807, 2.05) is 13.8 Å². The maximum Gasteiger partial charge on any atom is 0.122 e. The van der Waals surface area contributed by atoms with Crippen LogP contribution in [0.25, 0.3) is 33.0 Å². The zero-order chi connectivity index (χ0) is 26.2. The molecular formula is C34H38O2. The molecule has 0 spiro atoms. The third kappa shape index (κ3) is 3.88. The Labute approximate surface area is 215 Å². The van der Waals surface area contributed by atoms with Crippen molar-refractivity contribution in [2.24, 2.45) is 0 Å². The molecule has 0 saturated carbocycles. The second kappa shape index (κ2) is 8.13. The largest absolute Gasteiger partial charge is 0.507 e. The highest BCUT2D eigenvalue weighted by atomic mass is 16.3. The van der Waals surface area contributed by atoms with E-state index < -0.39 is 0 Å². The van der Waals surface area contributed by atoms with Crippen molar-refractivity contribution < 1.29 is 10.2 Å². The molecule has 0 atom stereocenters. The molecule has 4 aromatic carbocycles. The normalized spacial score (nSPS) is 13.6. The average molecular weight is 479 g/mol. The number of hydrogen-bond donors (Lipinski definition) is 2. The Morgan fingerprint density at radius 2 is 0.944 bits per heavy atom. The van der Waals surface area contributed by atoms with Crippen molar-refractivity contribution in [2.75, 3.05) is 0 Å². The lowest BCUT2D eigenvalue weighted by molar-refractivity contribution is 0.442. The van der Waals surface area contributed by atoms with Crippen LogP contribution >= 0.6 is 0 Å². The first-order chi connectivity index (χ1) is 16.8. The van der Waals surface area contributed by atoms with Gasteiger partial charge in [-0.3, -0.25) is 0 Å². The SMILES string of the molecule is Cc1cc(-c2ccc3c4c(ccc(-c5cc(C)c(O)c(C(C)(C)C)c5)c24)CC3)cc(C(C)(C)C)c1O. The number of rotatable bonds is 2. The molecule has 0 radical (unpaired) electrons. The van der Waals surface area contributed by atoms with Crippen molar-refractivity contribution >= 4 is 10.8 Å². The van der Waals surface area contributed by atoms with E-state index in [4.69, 9.17) is 0 Å². The molecule has 4 aromatic rings. The van der Waals surface area contributed by atoms with E-state index in [-0.39, 0.29) is 10.8 Å². The third-order valence-corrected chi connectivity index (χ3v) is 7.84. The molecule has 1 aliphatic rings. The van der Waals surface area contributed by atoms with E-state index in [1.54, 1.807) is 0 Å². The van der Waals surface area contributed by atoms with Crippen molar-refractivity contribution in [1.82, 2.24) is 0 Å². The molecule has 2 heteroatoms. The molecule has 2 nitrogen and oxygen atoms in total. The van der Waals surface area contributed by atoms with Crippen LogP contribution in [0, 0.1) is 13.8 Å². The summed E-state index contributed by atoms with van der Waals surface area (Å²) in [6.07, 6.45) is 2.14. The zero-order valence-corrected chi connectivity index (χ0v) is 22.9. The van der Waals surface area contributed by atoms with Crippen LogP contribution in [0.2, 0.25) is 0 Å². The first-order valence-electron chi connectivity index (χ1n) is 13.0. The minimum atomic E-state index is -0.168. The number of phenols is 2. The van der Waals surface area contributed by atoms with Gasteiger partial charge in [0.2, 0.25) is 0 Å². The highest BCUT2D eigenvalue weighted by Gasteiger charge is 2.25. The minimum Gasteiger partial charge on any atom is -0.507 e. The summed E-state index contributed by atoms with van der Waals surface area (Å²) in [5.74, 6) is 0.780. The first kappa shape index (κ1) is 24.4. The summed E-state index contributed by atoms with van der Waals surface area (Å²) in [4.78, 5) is 0. The van der Waals surface area contributed by atoms with E-state index >= 15 is 0 Å². The fraction of sp³-hybridized carbons (Fsp3) is 0.353. The lowest BCUT2D eigenvalue weighted by Crippen LogP contribution is -2.12. The third-order valence-electron chi connectivity index (χ3n) is 7.84. The van der Waals surface area contributed by atoms with Crippen LogP contribution in [0.4, 0.5) is 0 Å². The minimum absolute atomic E-state index is 0.168. The summed E-state index contributed by atoms with van der Waals surface area (Å²) in [5.41, 5.74) is 10.9. The Balaban J connectivity index is 1.87. The molecule has 0 amide bonds. The van der Waals surface area contributed by atoms with Crippen molar-refractivity contribution in [2.45, 2.75) is 79.1 Å². The van der Waals surface area contributed by atoms with E-state index in [0.29, 0.717) is 11.5 Å². The summed E-state index contributed by atoms with van der Waals surface area (Å²) in [6, 6.07) is 17.7. The molecule has 2 N–H and O–H groups in total. The highest BCUT2D eigenvalue weighted by Crippen LogP contribution is 2.46. The predicted octanol–water partition coefficient (Wildman–Crippen LogP) is 8.90. The van der Waals surface area contributed by atoms with E-state index in [1.165, 1.54) is 33.0 Å². The summed E-state index contributed by atoms with van der Waals surface area (Å²) in [6.45, 7) is 16.9. The van der Waals surface area contributed by atoms with Gasteiger partial charge in [-0.05, 0) is 117 Å².